The van der Waals surface area contributed by atoms with Gasteiger partial charge < -0.3 is 10.3 Å². The molecule has 0 amide bonds. The van der Waals surface area contributed by atoms with Gasteiger partial charge in [-0.3, -0.25) is 0 Å². The van der Waals surface area contributed by atoms with E-state index in [2.05, 4.69) is 67.2 Å². The largest absolute Gasteiger partial charge is 0.344 e. The molecule has 2 rings (SSSR count). The number of rotatable bonds is 4. The SMILES string of the molecule is Cc1ccc(-c2nc(CNC(C)C)[nH]c2C)cc1. The number of aryl methyl sites for hydroxylation is 2. The minimum absolute atomic E-state index is 0.471. The van der Waals surface area contributed by atoms with Crippen molar-refractivity contribution >= 4 is 0 Å². The van der Waals surface area contributed by atoms with Crippen LogP contribution in [0.25, 0.3) is 11.3 Å². The van der Waals surface area contributed by atoms with E-state index in [-0.39, 0.29) is 0 Å². The highest BCUT2D eigenvalue weighted by atomic mass is 15.0. The summed E-state index contributed by atoms with van der Waals surface area (Å²) in [6.45, 7) is 9.22. The van der Waals surface area contributed by atoms with Gasteiger partial charge in [0.2, 0.25) is 0 Å². The molecule has 3 heteroatoms. The van der Waals surface area contributed by atoms with Gasteiger partial charge in [-0.2, -0.15) is 0 Å². The molecule has 0 spiro atoms. The Morgan fingerprint density at radius 1 is 1.17 bits per heavy atom. The van der Waals surface area contributed by atoms with Crippen LogP contribution < -0.4 is 5.32 Å². The van der Waals surface area contributed by atoms with E-state index in [9.17, 15) is 0 Å². The lowest BCUT2D eigenvalue weighted by molar-refractivity contribution is 0.575. The van der Waals surface area contributed by atoms with Gasteiger partial charge in [0.25, 0.3) is 0 Å². The number of hydrogen-bond donors (Lipinski definition) is 2. The lowest BCUT2D eigenvalue weighted by atomic mass is 10.1. The van der Waals surface area contributed by atoms with Gasteiger partial charge in [0.05, 0.1) is 12.2 Å². The second kappa shape index (κ2) is 5.36. The van der Waals surface area contributed by atoms with Crippen molar-refractivity contribution in [1.29, 1.82) is 0 Å². The Morgan fingerprint density at radius 2 is 1.83 bits per heavy atom. The fourth-order valence-electron chi connectivity index (χ4n) is 1.90. The average molecular weight is 243 g/mol. The molecule has 0 aliphatic heterocycles. The maximum absolute atomic E-state index is 4.66. The van der Waals surface area contributed by atoms with Crippen molar-refractivity contribution in [3.05, 3.63) is 41.3 Å². The van der Waals surface area contributed by atoms with E-state index in [0.29, 0.717) is 6.04 Å². The van der Waals surface area contributed by atoms with Gasteiger partial charge in [0.1, 0.15) is 5.82 Å². The molecule has 0 radical (unpaired) electrons. The summed E-state index contributed by atoms with van der Waals surface area (Å²) in [4.78, 5) is 8.00. The van der Waals surface area contributed by atoms with E-state index in [0.717, 1.165) is 23.8 Å². The Balaban J connectivity index is 2.21. The molecule has 0 saturated heterocycles. The monoisotopic (exact) mass is 243 g/mol. The number of nitrogens with zero attached hydrogens (tertiary/aromatic N) is 1. The molecule has 18 heavy (non-hydrogen) atoms. The zero-order chi connectivity index (χ0) is 13.1. The van der Waals surface area contributed by atoms with Crippen molar-refractivity contribution < 1.29 is 0 Å². The molecular formula is C15H21N3. The molecule has 2 N–H and O–H groups in total. The van der Waals surface area contributed by atoms with Gasteiger partial charge in [0, 0.05) is 17.3 Å². The highest BCUT2D eigenvalue weighted by Crippen LogP contribution is 2.21. The predicted octanol–water partition coefficient (Wildman–Crippen LogP) is 3.19. The first-order chi connectivity index (χ1) is 8.56. The van der Waals surface area contributed by atoms with Crippen LogP contribution in [0.4, 0.5) is 0 Å². The van der Waals surface area contributed by atoms with Crippen molar-refractivity contribution in [3.63, 3.8) is 0 Å². The Hall–Kier alpha value is -1.61. The second-order valence-corrected chi connectivity index (χ2v) is 5.06. The highest BCUT2D eigenvalue weighted by Gasteiger charge is 2.08. The van der Waals surface area contributed by atoms with Gasteiger partial charge in [-0.15, -0.1) is 0 Å². The Kier molecular flexibility index (Phi) is 3.82. The van der Waals surface area contributed by atoms with Crippen molar-refractivity contribution in [2.75, 3.05) is 0 Å². The first kappa shape index (κ1) is 12.8. The minimum atomic E-state index is 0.471. The van der Waals surface area contributed by atoms with Crippen molar-refractivity contribution in [2.45, 2.75) is 40.3 Å². The third-order valence-corrected chi connectivity index (χ3v) is 2.94. The molecule has 0 saturated carbocycles. The quantitative estimate of drug-likeness (QED) is 0.865. The number of imidazole rings is 1. The van der Waals surface area contributed by atoms with Crippen LogP contribution >= 0.6 is 0 Å². The van der Waals surface area contributed by atoms with Crippen molar-refractivity contribution in [1.82, 2.24) is 15.3 Å². The molecule has 96 valence electrons. The lowest BCUT2D eigenvalue weighted by Crippen LogP contribution is -2.22. The third kappa shape index (κ3) is 2.99. The first-order valence-electron chi connectivity index (χ1n) is 6.42. The van der Waals surface area contributed by atoms with Gasteiger partial charge in [-0.1, -0.05) is 43.7 Å². The zero-order valence-corrected chi connectivity index (χ0v) is 11.5. The summed E-state index contributed by atoms with van der Waals surface area (Å²) in [6.07, 6.45) is 0. The zero-order valence-electron chi connectivity index (χ0n) is 11.5. The van der Waals surface area contributed by atoms with Gasteiger partial charge in [0.15, 0.2) is 0 Å². The van der Waals surface area contributed by atoms with E-state index in [4.69, 9.17) is 0 Å². The number of hydrogen-bond acceptors (Lipinski definition) is 2. The van der Waals surface area contributed by atoms with Crippen LogP contribution in [-0.2, 0) is 6.54 Å². The van der Waals surface area contributed by atoms with Crippen LogP contribution in [0.15, 0.2) is 24.3 Å². The van der Waals surface area contributed by atoms with Crippen LogP contribution in [0.1, 0.15) is 30.9 Å². The fraction of sp³-hybridized carbons (Fsp3) is 0.400. The number of aromatic nitrogens is 2. The van der Waals surface area contributed by atoms with Crippen LogP contribution in [0, 0.1) is 13.8 Å². The third-order valence-electron chi connectivity index (χ3n) is 2.94. The van der Waals surface area contributed by atoms with E-state index >= 15 is 0 Å². The fourth-order valence-corrected chi connectivity index (χ4v) is 1.90. The summed E-state index contributed by atoms with van der Waals surface area (Å²) >= 11 is 0. The summed E-state index contributed by atoms with van der Waals surface area (Å²) in [5.74, 6) is 0.997. The first-order valence-corrected chi connectivity index (χ1v) is 6.42. The molecule has 0 aliphatic carbocycles. The van der Waals surface area contributed by atoms with Crippen molar-refractivity contribution in [2.24, 2.45) is 0 Å². The average Bonchev–Trinajstić information content (AvgIpc) is 2.69. The molecule has 0 aliphatic rings. The summed E-state index contributed by atoms with van der Waals surface area (Å²) in [5.41, 5.74) is 4.62. The maximum Gasteiger partial charge on any atom is 0.121 e. The molecule has 0 unspecified atom stereocenters. The van der Waals surface area contributed by atoms with Crippen LogP contribution in [-0.4, -0.2) is 16.0 Å². The molecule has 2 aromatic rings. The van der Waals surface area contributed by atoms with E-state index in [1.807, 2.05) is 0 Å². The van der Waals surface area contributed by atoms with Gasteiger partial charge in [-0.05, 0) is 13.8 Å². The topological polar surface area (TPSA) is 40.7 Å². The summed E-state index contributed by atoms with van der Waals surface area (Å²) in [7, 11) is 0. The number of benzene rings is 1. The molecule has 0 atom stereocenters. The van der Waals surface area contributed by atoms with E-state index in [1.165, 1.54) is 11.1 Å². The summed E-state index contributed by atoms with van der Waals surface area (Å²) in [6, 6.07) is 8.96. The summed E-state index contributed by atoms with van der Waals surface area (Å²) in [5, 5.41) is 3.37. The minimum Gasteiger partial charge on any atom is -0.344 e. The normalized spacial score (nSPS) is 11.2. The molecule has 0 bridgehead atoms. The Morgan fingerprint density at radius 3 is 2.44 bits per heavy atom. The van der Waals surface area contributed by atoms with Gasteiger partial charge in [-0.25, -0.2) is 4.98 Å². The molecule has 1 aromatic carbocycles. The molecule has 1 heterocycles. The summed E-state index contributed by atoms with van der Waals surface area (Å²) < 4.78 is 0. The predicted molar refractivity (Wildman–Crippen MR) is 75.5 cm³/mol. The van der Waals surface area contributed by atoms with Crippen molar-refractivity contribution in [3.8, 4) is 11.3 Å². The number of H-pyrrole nitrogens is 1. The Bertz CT molecular complexity index is 509. The smallest absolute Gasteiger partial charge is 0.121 e. The van der Waals surface area contributed by atoms with Gasteiger partial charge >= 0.3 is 0 Å². The van der Waals surface area contributed by atoms with Crippen LogP contribution in [0.5, 0.6) is 0 Å². The van der Waals surface area contributed by atoms with Crippen LogP contribution in [0.2, 0.25) is 0 Å². The molecule has 3 nitrogen and oxygen atoms in total. The maximum atomic E-state index is 4.66. The highest BCUT2D eigenvalue weighted by molar-refractivity contribution is 5.62. The lowest BCUT2D eigenvalue weighted by Gasteiger charge is -2.04. The van der Waals surface area contributed by atoms with Crippen LogP contribution in [0.3, 0.4) is 0 Å². The number of aromatic amines is 1. The molecule has 0 fully saturated rings. The standard InChI is InChI=1S/C15H21N3/c1-10(2)16-9-14-17-12(4)15(18-14)13-7-5-11(3)6-8-13/h5-8,10,16H,9H2,1-4H3,(H,17,18). The molecule has 1 aromatic heterocycles. The van der Waals surface area contributed by atoms with E-state index < -0.39 is 0 Å². The Labute approximate surface area is 109 Å². The second-order valence-electron chi connectivity index (χ2n) is 5.06. The van der Waals surface area contributed by atoms with E-state index in [1.54, 1.807) is 0 Å². The number of nitrogens with one attached hydrogen (secondary N) is 2. The molecular weight excluding hydrogens is 222 g/mol.